The van der Waals surface area contributed by atoms with Crippen molar-refractivity contribution in [2.75, 3.05) is 20.8 Å². The second kappa shape index (κ2) is 8.86. The Labute approximate surface area is 157 Å². The molecule has 7 nitrogen and oxygen atoms in total. The van der Waals surface area contributed by atoms with Crippen LogP contribution in [0.1, 0.15) is 57.7 Å². The summed E-state index contributed by atoms with van der Waals surface area (Å²) in [5.74, 6) is 0. The summed E-state index contributed by atoms with van der Waals surface area (Å²) < 4.78 is 5.64. The highest BCUT2D eigenvalue weighted by Crippen LogP contribution is 2.23. The molecule has 0 saturated heterocycles. The molecular weight excluding hydrogens is 330 g/mol. The van der Waals surface area contributed by atoms with Crippen molar-refractivity contribution in [2.24, 2.45) is 0 Å². The number of carbonyl (C=O) groups is 1. The first-order valence-electron chi connectivity index (χ1n) is 9.56. The minimum absolute atomic E-state index is 0.302. The number of aryl methyl sites for hydroxylation is 1. The van der Waals surface area contributed by atoms with Crippen LogP contribution in [-0.2, 0) is 11.3 Å². The molecule has 2 N–H and O–H groups in total. The van der Waals surface area contributed by atoms with E-state index >= 15 is 0 Å². The Bertz CT molecular complexity index is 581. The van der Waals surface area contributed by atoms with Gasteiger partial charge in [0, 0.05) is 18.3 Å². The van der Waals surface area contributed by atoms with Crippen molar-refractivity contribution in [3.8, 4) is 0 Å². The Kier molecular flexibility index (Phi) is 7.06. The van der Waals surface area contributed by atoms with E-state index in [9.17, 15) is 4.79 Å². The Morgan fingerprint density at radius 2 is 2.08 bits per heavy atom. The van der Waals surface area contributed by atoms with Crippen LogP contribution in [0.2, 0.25) is 0 Å². The van der Waals surface area contributed by atoms with Gasteiger partial charge in [-0.15, -0.1) is 0 Å². The largest absolute Gasteiger partial charge is 0.444 e. The van der Waals surface area contributed by atoms with Crippen LogP contribution in [0.15, 0.2) is 6.20 Å². The van der Waals surface area contributed by atoms with Gasteiger partial charge in [-0.2, -0.15) is 5.10 Å². The van der Waals surface area contributed by atoms with Crippen molar-refractivity contribution in [3.63, 3.8) is 0 Å². The fraction of sp³-hybridized carbons (Fsp3) is 0.789. The van der Waals surface area contributed by atoms with Gasteiger partial charge in [-0.3, -0.25) is 14.9 Å². The van der Waals surface area contributed by atoms with E-state index in [1.807, 2.05) is 40.9 Å². The standard InChI is InChI=1S/C19H35N5O2/c1-14-11-21-22-16(14)12-24(18(25)26-19(2,3)4)13-23(6)17-10-8-7-9-15(17)20-5/h11,15,17,20H,7-10,12-13H2,1-6H3,(H,21,22). The lowest BCUT2D eigenvalue weighted by molar-refractivity contribution is 0.00431. The monoisotopic (exact) mass is 365 g/mol. The van der Waals surface area contributed by atoms with Crippen molar-refractivity contribution in [3.05, 3.63) is 17.5 Å². The Hall–Kier alpha value is -1.60. The number of H-pyrrole nitrogens is 1. The lowest BCUT2D eigenvalue weighted by Crippen LogP contribution is -2.53. The summed E-state index contributed by atoms with van der Waals surface area (Å²) in [4.78, 5) is 16.8. The third-order valence-electron chi connectivity index (χ3n) is 4.99. The van der Waals surface area contributed by atoms with Gasteiger partial charge < -0.3 is 10.1 Å². The molecule has 0 bridgehead atoms. The zero-order valence-electron chi connectivity index (χ0n) is 17.1. The molecule has 1 aliphatic rings. The second-order valence-electron chi connectivity index (χ2n) is 8.34. The molecular formula is C19H35N5O2. The number of nitrogens with zero attached hydrogens (tertiary/aromatic N) is 3. The smallest absolute Gasteiger partial charge is 0.411 e. The maximum atomic E-state index is 12.8. The van der Waals surface area contributed by atoms with Crippen molar-refractivity contribution in [1.82, 2.24) is 25.3 Å². The first-order valence-corrected chi connectivity index (χ1v) is 9.56. The van der Waals surface area contributed by atoms with E-state index in [0.29, 0.717) is 25.3 Å². The Balaban J connectivity index is 2.11. The molecule has 0 spiro atoms. The van der Waals surface area contributed by atoms with Crippen LogP contribution in [0.5, 0.6) is 0 Å². The summed E-state index contributed by atoms with van der Waals surface area (Å²) in [6, 6.07) is 0.875. The van der Waals surface area contributed by atoms with Crippen LogP contribution in [-0.4, -0.2) is 64.5 Å². The minimum Gasteiger partial charge on any atom is -0.444 e. The van der Waals surface area contributed by atoms with Crippen molar-refractivity contribution >= 4 is 6.09 Å². The molecule has 1 saturated carbocycles. The number of rotatable bonds is 6. The highest BCUT2D eigenvalue weighted by Gasteiger charge is 2.30. The van der Waals surface area contributed by atoms with Crippen molar-refractivity contribution in [2.45, 2.75) is 77.6 Å². The molecule has 1 heterocycles. The van der Waals surface area contributed by atoms with Crippen molar-refractivity contribution < 1.29 is 9.53 Å². The number of amides is 1. The van der Waals surface area contributed by atoms with E-state index in [-0.39, 0.29) is 6.09 Å². The minimum atomic E-state index is -0.521. The maximum absolute atomic E-state index is 12.8. The summed E-state index contributed by atoms with van der Waals surface area (Å²) in [5.41, 5.74) is 1.40. The predicted octanol–water partition coefficient (Wildman–Crippen LogP) is 2.88. The molecule has 0 radical (unpaired) electrons. The lowest BCUT2D eigenvalue weighted by Gasteiger charge is -2.40. The quantitative estimate of drug-likeness (QED) is 0.759. The second-order valence-corrected chi connectivity index (χ2v) is 8.34. The van der Waals surface area contributed by atoms with Gasteiger partial charge in [-0.1, -0.05) is 12.8 Å². The number of aromatic nitrogens is 2. The zero-order chi connectivity index (χ0) is 19.3. The zero-order valence-corrected chi connectivity index (χ0v) is 17.1. The Morgan fingerprint density at radius 1 is 1.38 bits per heavy atom. The van der Waals surface area contributed by atoms with Gasteiger partial charge in [-0.25, -0.2) is 4.79 Å². The number of nitrogens with one attached hydrogen (secondary N) is 2. The van der Waals surface area contributed by atoms with Crippen molar-refractivity contribution in [1.29, 1.82) is 0 Å². The van der Waals surface area contributed by atoms with Gasteiger partial charge in [0.25, 0.3) is 0 Å². The molecule has 26 heavy (non-hydrogen) atoms. The summed E-state index contributed by atoms with van der Waals surface area (Å²) in [6.07, 6.45) is 6.37. The van der Waals surface area contributed by atoms with E-state index in [0.717, 1.165) is 17.7 Å². The topological polar surface area (TPSA) is 73.5 Å². The maximum Gasteiger partial charge on any atom is 0.411 e. The number of ether oxygens (including phenoxy) is 1. The van der Waals surface area contributed by atoms with Crippen LogP contribution in [0, 0.1) is 6.92 Å². The predicted molar refractivity (Wildman–Crippen MR) is 103 cm³/mol. The molecule has 1 aromatic heterocycles. The fourth-order valence-corrected chi connectivity index (χ4v) is 3.57. The lowest BCUT2D eigenvalue weighted by atomic mass is 9.89. The van der Waals surface area contributed by atoms with Gasteiger partial charge in [0.15, 0.2) is 0 Å². The highest BCUT2D eigenvalue weighted by atomic mass is 16.6. The summed E-state index contributed by atoms with van der Waals surface area (Å²) >= 11 is 0. The van der Waals surface area contributed by atoms with Crippen LogP contribution < -0.4 is 5.32 Å². The van der Waals surface area contributed by atoms with E-state index < -0.39 is 5.60 Å². The molecule has 148 valence electrons. The normalized spacial score (nSPS) is 21.0. The molecule has 1 aromatic rings. The first kappa shape index (κ1) is 20.7. The SMILES string of the molecule is CNC1CCCCC1N(C)CN(Cc1n[nH]cc1C)C(=O)OC(C)(C)C. The molecule has 1 fully saturated rings. The number of hydrogen-bond donors (Lipinski definition) is 2. The summed E-state index contributed by atoms with van der Waals surface area (Å²) in [6.45, 7) is 8.63. The highest BCUT2D eigenvalue weighted by molar-refractivity contribution is 5.68. The third-order valence-corrected chi connectivity index (χ3v) is 4.99. The molecule has 0 aromatic carbocycles. The van der Waals surface area contributed by atoms with Gasteiger partial charge in [0.2, 0.25) is 0 Å². The molecule has 0 aliphatic heterocycles. The number of likely N-dealkylation sites (N-methyl/N-ethyl adjacent to an activating group) is 2. The molecule has 1 aliphatic carbocycles. The molecule has 2 rings (SSSR count). The van der Waals surface area contributed by atoms with Gasteiger partial charge in [-0.05, 0) is 60.2 Å². The molecule has 2 unspecified atom stereocenters. The molecule has 7 heteroatoms. The number of aromatic amines is 1. The average Bonchev–Trinajstić information content (AvgIpc) is 2.97. The molecule has 1 amide bonds. The van der Waals surface area contributed by atoms with Crippen LogP contribution in [0.4, 0.5) is 4.79 Å². The van der Waals surface area contributed by atoms with E-state index in [4.69, 9.17) is 4.74 Å². The van der Waals surface area contributed by atoms with Crippen LogP contribution in [0.3, 0.4) is 0 Å². The van der Waals surface area contributed by atoms with Gasteiger partial charge in [0.1, 0.15) is 5.60 Å². The summed E-state index contributed by atoms with van der Waals surface area (Å²) in [5, 5.41) is 10.6. The first-order chi connectivity index (χ1) is 12.2. The van der Waals surface area contributed by atoms with E-state index in [1.54, 1.807) is 4.90 Å². The van der Waals surface area contributed by atoms with Crippen LogP contribution in [0.25, 0.3) is 0 Å². The molecule has 2 atom stereocenters. The van der Waals surface area contributed by atoms with Gasteiger partial charge in [0.05, 0.1) is 18.9 Å². The van der Waals surface area contributed by atoms with Crippen LogP contribution >= 0.6 is 0 Å². The number of hydrogen-bond acceptors (Lipinski definition) is 5. The van der Waals surface area contributed by atoms with E-state index in [1.165, 1.54) is 19.3 Å². The fourth-order valence-electron chi connectivity index (χ4n) is 3.57. The average molecular weight is 366 g/mol. The Morgan fingerprint density at radius 3 is 2.65 bits per heavy atom. The third kappa shape index (κ3) is 5.71. The summed E-state index contributed by atoms with van der Waals surface area (Å²) in [7, 11) is 4.12. The van der Waals surface area contributed by atoms with E-state index in [2.05, 4.69) is 27.5 Å². The van der Waals surface area contributed by atoms with Gasteiger partial charge >= 0.3 is 6.09 Å². The number of carbonyl (C=O) groups excluding carboxylic acids is 1.